The van der Waals surface area contributed by atoms with Gasteiger partial charge < -0.3 is 20.2 Å². The molecule has 1 amide bonds. The monoisotopic (exact) mass is 500 g/mol. The van der Waals surface area contributed by atoms with Crippen LogP contribution in [0.15, 0.2) is 40.4 Å². The van der Waals surface area contributed by atoms with Crippen molar-refractivity contribution in [2.24, 2.45) is 5.16 Å². The molecule has 0 radical (unpaired) electrons. The van der Waals surface area contributed by atoms with Crippen molar-refractivity contribution in [2.75, 3.05) is 33.0 Å². The third-order valence-electron chi connectivity index (χ3n) is 6.25. The van der Waals surface area contributed by atoms with Crippen molar-refractivity contribution in [3.8, 4) is 11.1 Å². The minimum Gasteiger partial charge on any atom is -0.478 e. The summed E-state index contributed by atoms with van der Waals surface area (Å²) in [5.41, 5.74) is 3.23. The molecule has 0 unspecified atom stereocenters. The maximum absolute atomic E-state index is 12.8. The molecule has 11 heteroatoms. The van der Waals surface area contributed by atoms with Gasteiger partial charge in [-0.15, -0.1) is 0 Å². The van der Waals surface area contributed by atoms with Crippen LogP contribution in [0.25, 0.3) is 11.1 Å². The molecule has 0 atom stereocenters. The number of anilines is 1. The Labute approximate surface area is 204 Å². The molecule has 2 aliphatic heterocycles. The quantitative estimate of drug-likeness (QED) is 0.582. The number of sulfonamides is 1. The lowest BCUT2D eigenvalue weighted by Gasteiger charge is -2.29. The van der Waals surface area contributed by atoms with Crippen LogP contribution in [0.4, 0.5) is 5.69 Å². The summed E-state index contributed by atoms with van der Waals surface area (Å²) in [5, 5.41) is 16.1. The first kappa shape index (κ1) is 24.8. The van der Waals surface area contributed by atoms with Gasteiger partial charge in [-0.3, -0.25) is 4.79 Å². The first-order valence-corrected chi connectivity index (χ1v) is 12.5. The number of aliphatic carboxylic acids is 1. The fourth-order valence-electron chi connectivity index (χ4n) is 4.08. The average molecular weight is 501 g/mol. The zero-order valence-electron chi connectivity index (χ0n) is 20.2. The largest absolute Gasteiger partial charge is 0.478 e. The number of hydrogen-bond acceptors (Lipinski definition) is 7. The van der Waals surface area contributed by atoms with E-state index in [2.05, 4.69) is 15.4 Å². The third kappa shape index (κ3) is 4.42. The molecule has 2 aliphatic rings. The Morgan fingerprint density at radius 1 is 1.17 bits per heavy atom. The van der Waals surface area contributed by atoms with Crippen molar-refractivity contribution >= 4 is 33.3 Å². The molecule has 0 bridgehead atoms. The fraction of sp³-hybridized carbons (Fsp3) is 0.375. The number of nitrogens with zero attached hydrogens (tertiary/aromatic N) is 3. The molecule has 186 valence electrons. The summed E-state index contributed by atoms with van der Waals surface area (Å²) in [4.78, 5) is 31.8. The minimum absolute atomic E-state index is 0.00147. The van der Waals surface area contributed by atoms with Crippen molar-refractivity contribution in [2.45, 2.75) is 37.3 Å². The maximum Gasteiger partial charge on any atom is 0.350 e. The summed E-state index contributed by atoms with van der Waals surface area (Å²) < 4.78 is 26.1. The number of nitrogens with one attached hydrogen (secondary N) is 1. The van der Waals surface area contributed by atoms with Crippen LogP contribution in [0.2, 0.25) is 0 Å². The highest BCUT2D eigenvalue weighted by molar-refractivity contribution is 7.89. The Balaban J connectivity index is 1.85. The van der Waals surface area contributed by atoms with Gasteiger partial charge in [-0.1, -0.05) is 17.3 Å². The van der Waals surface area contributed by atoms with Gasteiger partial charge in [-0.25, -0.2) is 17.5 Å². The molecule has 2 aromatic carbocycles. The van der Waals surface area contributed by atoms with E-state index in [0.717, 1.165) is 39.5 Å². The van der Waals surface area contributed by atoms with Crippen LogP contribution < -0.4 is 5.32 Å². The number of benzene rings is 2. The Kier molecular flexibility index (Phi) is 6.20. The van der Waals surface area contributed by atoms with Crippen LogP contribution in [0, 0.1) is 0 Å². The van der Waals surface area contributed by atoms with E-state index in [9.17, 15) is 23.1 Å². The molecular weight excluding hydrogens is 472 g/mol. The van der Waals surface area contributed by atoms with Gasteiger partial charge in [-0.2, -0.15) is 0 Å². The van der Waals surface area contributed by atoms with Gasteiger partial charge in [0.1, 0.15) is 0 Å². The lowest BCUT2D eigenvalue weighted by Crippen LogP contribution is -2.33. The van der Waals surface area contributed by atoms with Crippen molar-refractivity contribution < 1.29 is 28.0 Å². The highest BCUT2D eigenvalue weighted by Crippen LogP contribution is 2.40. The molecule has 0 aromatic heterocycles. The van der Waals surface area contributed by atoms with Crippen LogP contribution in [0.3, 0.4) is 0 Å². The molecule has 0 saturated carbocycles. The van der Waals surface area contributed by atoms with Crippen molar-refractivity contribution in [3.63, 3.8) is 0 Å². The van der Waals surface area contributed by atoms with E-state index in [-0.39, 0.29) is 10.6 Å². The maximum atomic E-state index is 12.8. The molecule has 2 N–H and O–H groups in total. The molecule has 0 saturated heterocycles. The zero-order valence-corrected chi connectivity index (χ0v) is 21.1. The van der Waals surface area contributed by atoms with E-state index < -0.39 is 27.5 Å². The molecule has 0 fully saturated rings. The van der Waals surface area contributed by atoms with Gasteiger partial charge in [0.15, 0.2) is 5.71 Å². The summed E-state index contributed by atoms with van der Waals surface area (Å²) in [6, 6.07) is 8.47. The number of carbonyl (C=O) groups is 2. The smallest absolute Gasteiger partial charge is 0.350 e. The Morgan fingerprint density at radius 2 is 1.83 bits per heavy atom. The van der Waals surface area contributed by atoms with E-state index >= 15 is 0 Å². The Morgan fingerprint density at radius 3 is 2.43 bits per heavy atom. The van der Waals surface area contributed by atoms with Crippen molar-refractivity contribution in [1.82, 2.24) is 9.21 Å². The second kappa shape index (κ2) is 8.74. The Hall–Kier alpha value is -3.28. The lowest BCUT2D eigenvalue weighted by atomic mass is 9.87. The summed E-state index contributed by atoms with van der Waals surface area (Å²) in [6.45, 7) is 4.14. The number of amides is 1. The third-order valence-corrected chi connectivity index (χ3v) is 8.08. The number of fused-ring (bicyclic) bond motifs is 3. The lowest BCUT2D eigenvalue weighted by molar-refractivity contribution is -0.161. The van der Waals surface area contributed by atoms with Gasteiger partial charge in [0, 0.05) is 32.7 Å². The number of carboxylic acids is 1. The van der Waals surface area contributed by atoms with E-state index in [1.165, 1.54) is 27.9 Å². The van der Waals surface area contributed by atoms with Crippen LogP contribution in [-0.4, -0.2) is 73.6 Å². The minimum atomic E-state index is -3.57. The topological polar surface area (TPSA) is 129 Å². The van der Waals surface area contributed by atoms with Gasteiger partial charge in [0.05, 0.1) is 10.6 Å². The van der Waals surface area contributed by atoms with E-state index in [1.807, 2.05) is 13.1 Å². The van der Waals surface area contributed by atoms with E-state index in [4.69, 9.17) is 4.84 Å². The summed E-state index contributed by atoms with van der Waals surface area (Å²) in [6.07, 6.45) is 0.747. The van der Waals surface area contributed by atoms with E-state index in [0.29, 0.717) is 17.8 Å². The predicted molar refractivity (Wildman–Crippen MR) is 131 cm³/mol. The number of hydrogen-bond donors (Lipinski definition) is 2. The number of oxime groups is 1. The Bertz CT molecular complexity index is 1350. The normalized spacial score (nSPS) is 17.3. The average Bonchev–Trinajstić information content (AvgIpc) is 3.12. The second-order valence-electron chi connectivity index (χ2n) is 9.40. The molecular formula is C24H28N4O6S. The molecule has 10 nitrogen and oxygen atoms in total. The standard InChI is InChI=1S/C24H28N4O6S/c1-24(2,23(30)31)34-26-21-18-12-17(14-6-8-15(9-7-14)35(32,33)27(3)4)16-10-11-28(5)13-19(16)20(18)25-22(21)29/h6-9,12H,10-11,13H2,1-5H3,(H,30,31)(H,25,26,29). The van der Waals surface area contributed by atoms with Gasteiger partial charge in [0.2, 0.25) is 15.6 Å². The van der Waals surface area contributed by atoms with E-state index in [1.54, 1.807) is 24.3 Å². The highest BCUT2D eigenvalue weighted by Gasteiger charge is 2.36. The van der Waals surface area contributed by atoms with Gasteiger partial charge in [-0.05, 0) is 67.8 Å². The van der Waals surface area contributed by atoms with Gasteiger partial charge >= 0.3 is 5.97 Å². The van der Waals surface area contributed by atoms with Crippen LogP contribution in [-0.2, 0) is 37.4 Å². The summed E-state index contributed by atoms with van der Waals surface area (Å²) >= 11 is 0. The summed E-state index contributed by atoms with van der Waals surface area (Å²) in [5.74, 6) is -1.68. The molecule has 2 aromatic rings. The first-order valence-electron chi connectivity index (χ1n) is 11.0. The van der Waals surface area contributed by atoms with Crippen LogP contribution in [0.5, 0.6) is 0 Å². The molecule has 35 heavy (non-hydrogen) atoms. The van der Waals surface area contributed by atoms with Gasteiger partial charge in [0.25, 0.3) is 5.91 Å². The first-order chi connectivity index (χ1) is 16.3. The number of carbonyl (C=O) groups excluding carboxylic acids is 1. The van der Waals surface area contributed by atoms with Crippen LogP contribution >= 0.6 is 0 Å². The highest BCUT2D eigenvalue weighted by atomic mass is 32.2. The number of likely N-dealkylation sites (N-methyl/N-ethyl adjacent to an activating group) is 1. The van der Waals surface area contributed by atoms with Crippen molar-refractivity contribution in [3.05, 3.63) is 47.0 Å². The molecule has 4 rings (SSSR count). The molecule has 2 heterocycles. The molecule has 0 aliphatic carbocycles. The fourth-order valence-corrected chi connectivity index (χ4v) is 4.98. The molecule has 0 spiro atoms. The predicted octanol–water partition coefficient (Wildman–Crippen LogP) is 2.13. The number of carboxylic acid groups (broad SMARTS) is 1. The van der Waals surface area contributed by atoms with Crippen molar-refractivity contribution in [1.29, 1.82) is 0 Å². The SMILES string of the molecule is CN1CCc2c(-c3ccc(S(=O)(=O)N(C)C)cc3)cc3c(c2C1)NC(=O)C3=NOC(C)(C)C(=O)O. The zero-order chi connectivity index (χ0) is 25.7. The second-order valence-corrected chi connectivity index (χ2v) is 11.6. The number of rotatable bonds is 6. The summed E-state index contributed by atoms with van der Waals surface area (Å²) in [7, 11) is 1.39. The van der Waals surface area contributed by atoms with Crippen LogP contribution in [0.1, 0.15) is 30.5 Å².